The van der Waals surface area contributed by atoms with E-state index >= 15 is 0 Å². The second-order valence-corrected chi connectivity index (χ2v) is 9.59. The Morgan fingerprint density at radius 3 is 2.56 bits per heavy atom. The summed E-state index contributed by atoms with van der Waals surface area (Å²) in [4.78, 5) is 30.9. The molecule has 2 aromatic carbocycles. The van der Waals surface area contributed by atoms with Crippen molar-refractivity contribution in [1.82, 2.24) is 24.3 Å². The molecule has 3 aromatic heterocycles. The number of hydrogen-bond acceptors (Lipinski definition) is 7. The zero-order valence-electron chi connectivity index (χ0n) is 20.0. The van der Waals surface area contributed by atoms with Crippen LogP contribution < -0.4 is 11.1 Å². The molecular formula is C26H17ClF3N7O2. The normalized spacial score (nSPS) is 16.5. The highest BCUT2D eigenvalue weighted by Gasteiger charge is 2.48. The van der Waals surface area contributed by atoms with Crippen molar-refractivity contribution in [3.8, 4) is 17.3 Å². The van der Waals surface area contributed by atoms with E-state index in [4.69, 9.17) is 17.3 Å². The molecule has 0 radical (unpaired) electrons. The Labute approximate surface area is 223 Å². The summed E-state index contributed by atoms with van der Waals surface area (Å²) in [5, 5.41) is 12.2. The Hall–Kier alpha value is -4.71. The van der Waals surface area contributed by atoms with Gasteiger partial charge in [-0.05, 0) is 42.3 Å². The van der Waals surface area contributed by atoms with E-state index in [2.05, 4.69) is 25.3 Å². The number of imidazole rings is 1. The molecule has 4 N–H and O–H groups in total. The molecule has 39 heavy (non-hydrogen) atoms. The van der Waals surface area contributed by atoms with Crippen molar-refractivity contribution in [3.05, 3.63) is 93.8 Å². The minimum absolute atomic E-state index is 0.0585. The Kier molecular flexibility index (Phi) is 5.47. The number of phenolic OH excluding ortho intramolecular Hbond substituents is 1. The third kappa shape index (κ3) is 3.91. The number of nitrogens with one attached hydrogen (secondary N) is 1. The molecule has 0 spiro atoms. The van der Waals surface area contributed by atoms with Crippen LogP contribution in [0.4, 0.5) is 24.8 Å². The molecule has 196 valence electrons. The maximum absolute atomic E-state index is 14.3. The number of rotatable bonds is 4. The van der Waals surface area contributed by atoms with Gasteiger partial charge in [-0.1, -0.05) is 11.6 Å². The predicted octanol–water partition coefficient (Wildman–Crippen LogP) is 4.39. The van der Waals surface area contributed by atoms with Gasteiger partial charge in [0.1, 0.15) is 51.0 Å². The van der Waals surface area contributed by atoms with Gasteiger partial charge in [0.25, 0.3) is 0 Å². The van der Waals surface area contributed by atoms with Gasteiger partial charge < -0.3 is 20.6 Å². The first-order valence-electron chi connectivity index (χ1n) is 11.5. The van der Waals surface area contributed by atoms with Crippen molar-refractivity contribution >= 4 is 34.8 Å². The van der Waals surface area contributed by atoms with Crippen molar-refractivity contribution in [2.45, 2.75) is 18.8 Å². The fourth-order valence-corrected chi connectivity index (χ4v) is 4.90. The van der Waals surface area contributed by atoms with Crippen molar-refractivity contribution in [2.75, 3.05) is 11.1 Å². The van der Waals surface area contributed by atoms with E-state index in [1.54, 1.807) is 23.0 Å². The van der Waals surface area contributed by atoms with Crippen LogP contribution in [0.15, 0.2) is 48.9 Å². The van der Waals surface area contributed by atoms with E-state index < -0.39 is 39.5 Å². The maximum Gasteiger partial charge on any atom is 0.240 e. The molecule has 4 heterocycles. The Balaban J connectivity index is 1.46. The zero-order valence-corrected chi connectivity index (χ0v) is 20.8. The van der Waals surface area contributed by atoms with Crippen LogP contribution in [0.2, 0.25) is 5.02 Å². The number of nitrogens with zero attached hydrogens (tertiary/aromatic N) is 5. The van der Waals surface area contributed by atoms with E-state index in [9.17, 15) is 23.1 Å². The largest absolute Gasteiger partial charge is 0.506 e. The van der Waals surface area contributed by atoms with Crippen LogP contribution in [0.25, 0.3) is 17.2 Å². The lowest BCUT2D eigenvalue weighted by molar-refractivity contribution is -0.119. The number of nitrogens with two attached hydrogens (primary N) is 1. The summed E-state index contributed by atoms with van der Waals surface area (Å²) >= 11 is 5.75. The second-order valence-electron chi connectivity index (χ2n) is 9.21. The molecule has 5 aromatic rings. The lowest BCUT2D eigenvalue weighted by Gasteiger charge is -2.24. The fraction of sp³-hybridized carbons (Fsp3) is 0.115. The van der Waals surface area contributed by atoms with E-state index in [0.717, 1.165) is 12.1 Å². The van der Waals surface area contributed by atoms with Crippen LogP contribution in [-0.4, -0.2) is 35.4 Å². The summed E-state index contributed by atoms with van der Waals surface area (Å²) in [5.41, 5.74) is 6.53. The fourth-order valence-electron chi connectivity index (χ4n) is 4.79. The summed E-state index contributed by atoms with van der Waals surface area (Å²) in [5.74, 6) is -3.38. The van der Waals surface area contributed by atoms with Crippen molar-refractivity contribution in [2.24, 2.45) is 0 Å². The van der Waals surface area contributed by atoms with E-state index in [1.807, 2.05) is 0 Å². The highest BCUT2D eigenvalue weighted by atomic mass is 35.5. The van der Waals surface area contributed by atoms with Gasteiger partial charge in [0.2, 0.25) is 5.91 Å². The molecule has 0 fully saturated rings. The number of phenols is 1. The van der Waals surface area contributed by atoms with Crippen molar-refractivity contribution in [1.29, 1.82) is 0 Å². The minimum atomic E-state index is -1.53. The van der Waals surface area contributed by atoms with E-state index in [-0.39, 0.29) is 40.7 Å². The van der Waals surface area contributed by atoms with Crippen LogP contribution in [0.3, 0.4) is 0 Å². The zero-order chi connectivity index (χ0) is 27.6. The molecule has 0 saturated heterocycles. The molecule has 0 aliphatic carbocycles. The number of fused-ring (bicyclic) bond motifs is 2. The van der Waals surface area contributed by atoms with Gasteiger partial charge >= 0.3 is 0 Å². The Morgan fingerprint density at radius 1 is 1.10 bits per heavy atom. The predicted molar refractivity (Wildman–Crippen MR) is 136 cm³/mol. The van der Waals surface area contributed by atoms with E-state index in [1.165, 1.54) is 25.1 Å². The Morgan fingerprint density at radius 2 is 1.85 bits per heavy atom. The molecule has 1 aliphatic heterocycles. The number of hydrogen-bond donors (Lipinski definition) is 3. The molecule has 1 atom stereocenters. The second kappa shape index (κ2) is 8.67. The molecule has 0 saturated carbocycles. The van der Waals surface area contributed by atoms with Gasteiger partial charge in [0, 0.05) is 31.1 Å². The number of carbonyl (C=O) groups is 1. The summed E-state index contributed by atoms with van der Waals surface area (Å²) in [6.07, 6.45) is 4.86. The van der Waals surface area contributed by atoms with Crippen LogP contribution in [-0.2, 0) is 16.6 Å². The number of halogens is 4. The molecule has 6 rings (SSSR count). The number of anilines is 2. The highest BCUT2D eigenvalue weighted by molar-refractivity contribution is 6.32. The maximum atomic E-state index is 14.3. The minimum Gasteiger partial charge on any atom is -0.506 e. The average molecular weight is 552 g/mol. The lowest BCUT2D eigenvalue weighted by Crippen LogP contribution is -2.33. The number of aromatic nitrogens is 5. The Bertz CT molecular complexity index is 1800. The number of aromatic hydroxyl groups is 1. The first-order chi connectivity index (χ1) is 18.5. The first-order valence-corrected chi connectivity index (χ1v) is 11.9. The van der Waals surface area contributed by atoms with Crippen molar-refractivity contribution < 1.29 is 23.1 Å². The molecule has 0 bridgehead atoms. The monoisotopic (exact) mass is 551 g/mol. The third-order valence-electron chi connectivity index (χ3n) is 6.68. The van der Waals surface area contributed by atoms with Gasteiger partial charge in [-0.15, -0.1) is 0 Å². The number of benzene rings is 2. The average Bonchev–Trinajstić information content (AvgIpc) is 3.44. The first kappa shape index (κ1) is 24.6. The molecule has 9 nitrogen and oxygen atoms in total. The van der Waals surface area contributed by atoms with Crippen LogP contribution in [0.1, 0.15) is 29.3 Å². The third-order valence-corrected chi connectivity index (χ3v) is 7.05. The van der Waals surface area contributed by atoms with Crippen LogP contribution in [0, 0.1) is 17.5 Å². The summed E-state index contributed by atoms with van der Waals surface area (Å²) < 4.78 is 43.6. The number of amides is 1. The molecule has 1 aliphatic rings. The summed E-state index contributed by atoms with van der Waals surface area (Å²) in [6.45, 7) is 1.50. The molecule has 13 heteroatoms. The van der Waals surface area contributed by atoms with E-state index in [0.29, 0.717) is 16.9 Å². The van der Waals surface area contributed by atoms with Crippen LogP contribution >= 0.6 is 11.6 Å². The summed E-state index contributed by atoms with van der Waals surface area (Å²) in [7, 11) is 0. The number of carbonyl (C=O) groups excluding carboxylic acids is 1. The number of nitrogen functional groups attached to an aromatic ring is 1. The van der Waals surface area contributed by atoms with Gasteiger partial charge in [-0.25, -0.2) is 33.1 Å². The molecule has 1 amide bonds. The topological polar surface area (TPSA) is 131 Å². The summed E-state index contributed by atoms with van der Waals surface area (Å²) in [6, 6.07) is 5.41. The van der Waals surface area contributed by atoms with Gasteiger partial charge in [0.05, 0.1) is 11.3 Å². The van der Waals surface area contributed by atoms with Crippen LogP contribution in [0.5, 0.6) is 5.75 Å². The van der Waals surface area contributed by atoms with Crippen molar-refractivity contribution in [3.63, 3.8) is 0 Å². The smallest absolute Gasteiger partial charge is 0.240 e. The molecular weight excluding hydrogens is 535 g/mol. The van der Waals surface area contributed by atoms with Gasteiger partial charge in [-0.2, -0.15) is 0 Å². The lowest BCUT2D eigenvalue weighted by atomic mass is 9.77. The standard InChI is InChI=1S/C26H17ClF3N7O2/c1-26(12-7-15(30)20(27)18(38)8-12)19-21(31)34-22(35-23(19)36-25(26)39)17-10-37-3-2-32-24(37)16(33-17)6-11-4-13(28)9-14(29)5-11/h2-5,7-10,38H,6H2,1H3,(H3,31,34,35,36,39). The van der Waals surface area contributed by atoms with Gasteiger partial charge in [-0.3, -0.25) is 4.79 Å². The molecule has 1 unspecified atom stereocenters. The SMILES string of the molecule is CC1(c2cc(O)c(Cl)c(F)c2)C(=O)Nc2nc(-c3cn4ccnc4c(Cc4cc(F)cc(F)c4)n3)nc(N)c21. The highest BCUT2D eigenvalue weighted by Crippen LogP contribution is 2.46. The quantitative estimate of drug-likeness (QED) is 0.302. The van der Waals surface area contributed by atoms with Gasteiger partial charge in [0.15, 0.2) is 11.5 Å².